The maximum Gasteiger partial charge on any atom is 0.389 e. The number of halogens is 3. The SMILES string of the molecule is CC(CCCC(F)(F)F)Nc1ccc(-c2cnco2)cc1. The van der Waals surface area contributed by atoms with Crippen molar-refractivity contribution in [2.75, 3.05) is 5.32 Å². The molecule has 114 valence electrons. The van der Waals surface area contributed by atoms with Gasteiger partial charge in [-0.05, 0) is 44.0 Å². The predicted octanol–water partition coefficient (Wildman–Crippen LogP) is 4.87. The van der Waals surface area contributed by atoms with E-state index in [2.05, 4.69) is 10.3 Å². The van der Waals surface area contributed by atoms with Crippen LogP contribution in [0.25, 0.3) is 11.3 Å². The van der Waals surface area contributed by atoms with Crippen molar-refractivity contribution >= 4 is 5.69 Å². The molecule has 0 fully saturated rings. The van der Waals surface area contributed by atoms with Crippen LogP contribution in [0.15, 0.2) is 41.3 Å². The van der Waals surface area contributed by atoms with E-state index >= 15 is 0 Å². The number of hydrogen-bond acceptors (Lipinski definition) is 3. The second-order valence-corrected chi connectivity index (χ2v) is 5.00. The number of anilines is 1. The first-order chi connectivity index (χ1) is 9.94. The van der Waals surface area contributed by atoms with E-state index in [1.54, 1.807) is 6.20 Å². The summed E-state index contributed by atoms with van der Waals surface area (Å²) in [6.45, 7) is 1.88. The van der Waals surface area contributed by atoms with Gasteiger partial charge in [-0.15, -0.1) is 0 Å². The Morgan fingerprint density at radius 2 is 1.95 bits per heavy atom. The fourth-order valence-corrected chi connectivity index (χ4v) is 2.05. The highest BCUT2D eigenvalue weighted by atomic mass is 19.4. The average Bonchev–Trinajstić information content (AvgIpc) is 2.92. The summed E-state index contributed by atoms with van der Waals surface area (Å²) in [5, 5.41) is 3.19. The summed E-state index contributed by atoms with van der Waals surface area (Å²) in [5.41, 5.74) is 1.78. The molecule has 21 heavy (non-hydrogen) atoms. The highest BCUT2D eigenvalue weighted by Crippen LogP contribution is 2.24. The van der Waals surface area contributed by atoms with E-state index in [0.29, 0.717) is 12.2 Å². The molecule has 0 aliphatic heterocycles. The molecule has 1 unspecified atom stereocenters. The number of hydrogen-bond donors (Lipinski definition) is 1. The second kappa shape index (κ2) is 6.65. The van der Waals surface area contributed by atoms with Gasteiger partial charge in [-0.2, -0.15) is 13.2 Å². The summed E-state index contributed by atoms with van der Waals surface area (Å²) in [7, 11) is 0. The van der Waals surface area contributed by atoms with Gasteiger partial charge in [0.15, 0.2) is 12.2 Å². The van der Waals surface area contributed by atoms with Gasteiger partial charge < -0.3 is 9.73 Å². The minimum atomic E-state index is -4.07. The van der Waals surface area contributed by atoms with Crippen LogP contribution >= 0.6 is 0 Å². The third-order valence-corrected chi connectivity index (χ3v) is 3.11. The number of aromatic nitrogens is 1. The normalized spacial score (nSPS) is 13.1. The standard InChI is InChI=1S/C15H17F3N2O/c1-11(3-2-8-15(16,17)18)20-13-6-4-12(5-7-13)14-9-19-10-21-14/h4-7,9-11,20H,2-3,8H2,1H3. The zero-order valence-electron chi connectivity index (χ0n) is 11.7. The van der Waals surface area contributed by atoms with E-state index in [4.69, 9.17) is 4.42 Å². The molecule has 0 aliphatic rings. The van der Waals surface area contributed by atoms with Crippen LogP contribution in [-0.4, -0.2) is 17.2 Å². The molecular weight excluding hydrogens is 281 g/mol. The molecular formula is C15H17F3N2O. The van der Waals surface area contributed by atoms with Gasteiger partial charge >= 0.3 is 6.18 Å². The van der Waals surface area contributed by atoms with E-state index in [1.165, 1.54) is 6.39 Å². The Kier molecular flexibility index (Phi) is 4.88. The lowest BCUT2D eigenvalue weighted by Gasteiger charge is -2.16. The van der Waals surface area contributed by atoms with E-state index in [-0.39, 0.29) is 12.5 Å². The average molecular weight is 298 g/mol. The third-order valence-electron chi connectivity index (χ3n) is 3.11. The molecule has 1 heterocycles. The van der Waals surface area contributed by atoms with Crippen LogP contribution in [-0.2, 0) is 0 Å². The van der Waals surface area contributed by atoms with Gasteiger partial charge in [-0.1, -0.05) is 0 Å². The summed E-state index contributed by atoms with van der Waals surface area (Å²) >= 11 is 0. The smallest absolute Gasteiger partial charge is 0.389 e. The molecule has 3 nitrogen and oxygen atoms in total. The zero-order valence-corrected chi connectivity index (χ0v) is 11.7. The predicted molar refractivity (Wildman–Crippen MR) is 74.9 cm³/mol. The minimum absolute atomic E-state index is 0.0107. The highest BCUT2D eigenvalue weighted by Gasteiger charge is 2.26. The molecule has 1 N–H and O–H groups in total. The van der Waals surface area contributed by atoms with E-state index in [1.807, 2.05) is 31.2 Å². The van der Waals surface area contributed by atoms with Crippen LogP contribution < -0.4 is 5.32 Å². The molecule has 2 aromatic rings. The molecule has 6 heteroatoms. The second-order valence-electron chi connectivity index (χ2n) is 5.00. The first kappa shape index (κ1) is 15.4. The summed E-state index contributed by atoms with van der Waals surface area (Å²) in [6, 6.07) is 7.50. The monoisotopic (exact) mass is 298 g/mol. The van der Waals surface area contributed by atoms with Crippen molar-refractivity contribution in [2.24, 2.45) is 0 Å². The molecule has 1 aromatic heterocycles. The molecule has 0 spiro atoms. The molecule has 1 aromatic carbocycles. The van der Waals surface area contributed by atoms with Crippen molar-refractivity contribution in [3.05, 3.63) is 36.9 Å². The molecule has 0 saturated carbocycles. The Morgan fingerprint density at radius 1 is 1.24 bits per heavy atom. The van der Waals surface area contributed by atoms with Gasteiger partial charge in [0.1, 0.15) is 0 Å². The van der Waals surface area contributed by atoms with E-state index in [9.17, 15) is 13.2 Å². The van der Waals surface area contributed by atoms with Crippen molar-refractivity contribution in [3.8, 4) is 11.3 Å². The molecule has 0 amide bonds. The van der Waals surface area contributed by atoms with E-state index in [0.717, 1.165) is 11.3 Å². The Bertz CT molecular complexity index is 535. The van der Waals surface area contributed by atoms with Gasteiger partial charge in [0, 0.05) is 23.7 Å². The topological polar surface area (TPSA) is 38.1 Å². The Balaban J connectivity index is 1.83. The summed E-state index contributed by atoms with van der Waals surface area (Å²) in [4.78, 5) is 3.85. The lowest BCUT2D eigenvalue weighted by atomic mass is 10.1. The molecule has 0 aliphatic carbocycles. The summed E-state index contributed by atoms with van der Waals surface area (Å²) < 4.78 is 41.4. The van der Waals surface area contributed by atoms with Gasteiger partial charge in [-0.3, -0.25) is 0 Å². The Hall–Kier alpha value is -1.98. The van der Waals surface area contributed by atoms with Crippen LogP contribution in [0.2, 0.25) is 0 Å². The fraction of sp³-hybridized carbons (Fsp3) is 0.400. The highest BCUT2D eigenvalue weighted by molar-refractivity contribution is 5.60. The van der Waals surface area contributed by atoms with Crippen molar-refractivity contribution in [2.45, 2.75) is 38.4 Å². The quantitative estimate of drug-likeness (QED) is 0.826. The summed E-state index contributed by atoms with van der Waals surface area (Å²) in [5.74, 6) is 0.680. The number of oxazole rings is 1. The van der Waals surface area contributed by atoms with Crippen LogP contribution in [0.1, 0.15) is 26.2 Å². The van der Waals surface area contributed by atoms with Gasteiger partial charge in [-0.25, -0.2) is 4.98 Å². The van der Waals surface area contributed by atoms with Gasteiger partial charge in [0.25, 0.3) is 0 Å². The van der Waals surface area contributed by atoms with Crippen LogP contribution in [0, 0.1) is 0 Å². The first-order valence-electron chi connectivity index (χ1n) is 6.76. The first-order valence-corrected chi connectivity index (χ1v) is 6.76. The number of alkyl halides is 3. The van der Waals surface area contributed by atoms with Gasteiger partial charge in [0.2, 0.25) is 0 Å². The number of nitrogens with zero attached hydrogens (tertiary/aromatic N) is 1. The molecule has 1 atom stereocenters. The van der Waals surface area contributed by atoms with Crippen molar-refractivity contribution in [1.29, 1.82) is 0 Å². The Morgan fingerprint density at radius 3 is 2.52 bits per heavy atom. The minimum Gasteiger partial charge on any atom is -0.444 e. The van der Waals surface area contributed by atoms with Gasteiger partial charge in [0.05, 0.1) is 6.20 Å². The molecule has 2 rings (SSSR count). The third kappa shape index (κ3) is 5.13. The van der Waals surface area contributed by atoms with Crippen LogP contribution in [0.5, 0.6) is 0 Å². The van der Waals surface area contributed by atoms with Crippen molar-refractivity contribution < 1.29 is 17.6 Å². The number of nitrogens with one attached hydrogen (secondary N) is 1. The van der Waals surface area contributed by atoms with Crippen LogP contribution in [0.3, 0.4) is 0 Å². The van der Waals surface area contributed by atoms with Crippen LogP contribution in [0.4, 0.5) is 18.9 Å². The molecule has 0 bridgehead atoms. The maximum atomic E-state index is 12.1. The van der Waals surface area contributed by atoms with E-state index < -0.39 is 12.6 Å². The Labute approximate surface area is 121 Å². The summed E-state index contributed by atoms with van der Waals surface area (Å²) in [6.07, 6.45) is -1.20. The largest absolute Gasteiger partial charge is 0.444 e. The lowest BCUT2D eigenvalue weighted by Crippen LogP contribution is -2.16. The van der Waals surface area contributed by atoms with Crippen molar-refractivity contribution in [1.82, 2.24) is 4.98 Å². The zero-order chi connectivity index (χ0) is 15.3. The molecule has 0 saturated heterocycles. The maximum absolute atomic E-state index is 12.1. The van der Waals surface area contributed by atoms with Crippen molar-refractivity contribution in [3.63, 3.8) is 0 Å². The lowest BCUT2D eigenvalue weighted by molar-refractivity contribution is -0.135. The number of rotatable bonds is 6. The fourth-order valence-electron chi connectivity index (χ4n) is 2.05. The number of benzene rings is 1. The molecule has 0 radical (unpaired) electrons.